The van der Waals surface area contributed by atoms with Crippen molar-refractivity contribution >= 4 is 11.8 Å². The monoisotopic (exact) mass is 424 g/mol. The van der Waals surface area contributed by atoms with Gasteiger partial charge in [0.15, 0.2) is 0 Å². The molecule has 0 spiro atoms. The first-order valence-corrected chi connectivity index (χ1v) is 11.0. The van der Waals surface area contributed by atoms with Gasteiger partial charge in [0.05, 0.1) is 11.6 Å². The van der Waals surface area contributed by atoms with Crippen LogP contribution in [0.1, 0.15) is 60.4 Å². The van der Waals surface area contributed by atoms with Gasteiger partial charge in [-0.05, 0) is 49.8 Å². The molecule has 1 aliphatic heterocycles. The molecule has 7 nitrogen and oxygen atoms in total. The molecular weight excluding hydrogens is 392 g/mol. The lowest BCUT2D eigenvalue weighted by Crippen LogP contribution is -2.45. The van der Waals surface area contributed by atoms with Gasteiger partial charge < -0.3 is 14.5 Å². The van der Waals surface area contributed by atoms with E-state index in [4.69, 9.17) is 4.74 Å². The number of nitrogens with zero attached hydrogens (tertiary/aromatic N) is 4. The molecule has 0 N–H and O–H groups in total. The SMILES string of the molecule is CC(C)C[C@H]1COc2ccccc2C(=O)N(C)CCCCCN1C(=O)c1ccncn1. The highest BCUT2D eigenvalue weighted by Gasteiger charge is 2.28. The zero-order valence-corrected chi connectivity index (χ0v) is 18.7. The number of ether oxygens (including phenoxy) is 1. The summed E-state index contributed by atoms with van der Waals surface area (Å²) in [4.78, 5) is 38.0. The van der Waals surface area contributed by atoms with E-state index >= 15 is 0 Å². The molecule has 2 heterocycles. The summed E-state index contributed by atoms with van der Waals surface area (Å²) in [6.07, 6.45) is 6.47. The number of carbonyl (C=O) groups excluding carboxylic acids is 2. The molecule has 0 saturated heterocycles. The molecule has 166 valence electrons. The van der Waals surface area contributed by atoms with Crippen molar-refractivity contribution in [2.24, 2.45) is 5.92 Å². The van der Waals surface area contributed by atoms with Crippen LogP contribution in [-0.2, 0) is 0 Å². The van der Waals surface area contributed by atoms with Gasteiger partial charge in [-0.15, -0.1) is 0 Å². The van der Waals surface area contributed by atoms with Crippen LogP contribution in [0.3, 0.4) is 0 Å². The molecule has 0 fully saturated rings. The molecule has 7 heteroatoms. The number of hydrogen-bond acceptors (Lipinski definition) is 5. The van der Waals surface area contributed by atoms with E-state index in [0.717, 1.165) is 25.7 Å². The minimum absolute atomic E-state index is 0.0378. The summed E-state index contributed by atoms with van der Waals surface area (Å²) >= 11 is 0. The quantitative estimate of drug-likeness (QED) is 0.751. The fraction of sp³-hybridized carbons (Fsp3) is 0.500. The summed E-state index contributed by atoms with van der Waals surface area (Å²) in [5.74, 6) is 0.798. The number of para-hydroxylation sites is 1. The Morgan fingerprint density at radius 2 is 1.94 bits per heavy atom. The molecule has 2 aromatic rings. The Balaban J connectivity index is 1.92. The van der Waals surface area contributed by atoms with Crippen LogP contribution in [0.25, 0.3) is 0 Å². The predicted octanol–water partition coefficient (Wildman–Crippen LogP) is 3.67. The Bertz CT molecular complexity index is 872. The van der Waals surface area contributed by atoms with Gasteiger partial charge in [0, 0.05) is 26.3 Å². The summed E-state index contributed by atoms with van der Waals surface area (Å²) in [5, 5.41) is 0. The molecule has 1 atom stereocenters. The zero-order valence-electron chi connectivity index (χ0n) is 18.7. The fourth-order valence-corrected chi connectivity index (χ4v) is 3.91. The van der Waals surface area contributed by atoms with Crippen LogP contribution < -0.4 is 4.74 Å². The van der Waals surface area contributed by atoms with Crippen LogP contribution >= 0.6 is 0 Å². The first-order chi connectivity index (χ1) is 15.0. The van der Waals surface area contributed by atoms with Crippen LogP contribution in [0.15, 0.2) is 42.9 Å². The van der Waals surface area contributed by atoms with Crippen LogP contribution in [0.2, 0.25) is 0 Å². The van der Waals surface area contributed by atoms with E-state index in [0.29, 0.717) is 42.6 Å². The Hall–Kier alpha value is -2.96. The van der Waals surface area contributed by atoms with Gasteiger partial charge >= 0.3 is 0 Å². The summed E-state index contributed by atoms with van der Waals surface area (Å²) in [7, 11) is 1.82. The second kappa shape index (κ2) is 10.9. The lowest BCUT2D eigenvalue weighted by molar-refractivity contribution is 0.0567. The van der Waals surface area contributed by atoms with Crippen molar-refractivity contribution in [2.75, 3.05) is 26.7 Å². The molecule has 0 bridgehead atoms. The van der Waals surface area contributed by atoms with Crippen molar-refractivity contribution in [2.45, 2.75) is 45.6 Å². The highest BCUT2D eigenvalue weighted by atomic mass is 16.5. The van der Waals surface area contributed by atoms with Crippen molar-refractivity contribution < 1.29 is 14.3 Å². The zero-order chi connectivity index (χ0) is 22.2. The summed E-state index contributed by atoms with van der Waals surface area (Å²) in [6.45, 7) is 5.90. The number of benzene rings is 1. The minimum Gasteiger partial charge on any atom is -0.491 e. The predicted molar refractivity (Wildman–Crippen MR) is 119 cm³/mol. The number of aromatic nitrogens is 2. The maximum Gasteiger partial charge on any atom is 0.272 e. The normalized spacial score (nSPS) is 18.5. The molecule has 3 rings (SSSR count). The second-order valence-corrected chi connectivity index (χ2v) is 8.47. The topological polar surface area (TPSA) is 75.6 Å². The fourth-order valence-electron chi connectivity index (χ4n) is 3.91. The summed E-state index contributed by atoms with van der Waals surface area (Å²) in [5.41, 5.74) is 0.949. The maximum absolute atomic E-state index is 13.3. The van der Waals surface area contributed by atoms with E-state index in [1.54, 1.807) is 23.2 Å². The van der Waals surface area contributed by atoms with E-state index in [1.165, 1.54) is 6.33 Å². The Kier molecular flexibility index (Phi) is 7.98. The molecule has 0 saturated carbocycles. The highest BCUT2D eigenvalue weighted by Crippen LogP contribution is 2.23. The molecule has 1 aromatic carbocycles. The Labute approximate surface area is 184 Å². The molecule has 0 aliphatic carbocycles. The van der Waals surface area contributed by atoms with Gasteiger partial charge in [0.1, 0.15) is 24.4 Å². The van der Waals surface area contributed by atoms with Crippen molar-refractivity contribution in [1.29, 1.82) is 0 Å². The maximum atomic E-state index is 13.3. The summed E-state index contributed by atoms with van der Waals surface area (Å²) < 4.78 is 6.18. The third-order valence-corrected chi connectivity index (χ3v) is 5.53. The van der Waals surface area contributed by atoms with Crippen molar-refractivity contribution in [3.05, 3.63) is 54.1 Å². The van der Waals surface area contributed by atoms with Crippen molar-refractivity contribution in [3.63, 3.8) is 0 Å². The lowest BCUT2D eigenvalue weighted by Gasteiger charge is -2.33. The molecule has 31 heavy (non-hydrogen) atoms. The third kappa shape index (κ3) is 6.03. The standard InChI is InChI=1S/C24H32N4O3/c1-18(2)15-19-16-31-22-10-6-5-9-20(22)23(29)27(3)13-7-4-8-14-28(19)24(30)21-11-12-25-17-26-21/h5-6,9-12,17-19H,4,7-8,13-16H2,1-3H3/t19-/m0/s1. The van der Waals surface area contributed by atoms with Crippen molar-refractivity contribution in [3.8, 4) is 5.75 Å². The minimum atomic E-state index is -0.121. The van der Waals surface area contributed by atoms with E-state index in [1.807, 2.05) is 30.1 Å². The first kappa shape index (κ1) is 22.7. The molecule has 0 unspecified atom stereocenters. The number of carbonyl (C=O) groups is 2. The average Bonchev–Trinajstić information content (AvgIpc) is 2.79. The highest BCUT2D eigenvalue weighted by molar-refractivity contribution is 5.96. The average molecular weight is 425 g/mol. The van der Waals surface area contributed by atoms with Gasteiger partial charge in [-0.3, -0.25) is 9.59 Å². The molecule has 2 amide bonds. The van der Waals surface area contributed by atoms with Gasteiger partial charge in [0.2, 0.25) is 0 Å². The second-order valence-electron chi connectivity index (χ2n) is 8.47. The van der Waals surface area contributed by atoms with E-state index in [-0.39, 0.29) is 17.9 Å². The van der Waals surface area contributed by atoms with E-state index in [2.05, 4.69) is 23.8 Å². The van der Waals surface area contributed by atoms with Crippen LogP contribution in [0, 0.1) is 5.92 Å². The lowest BCUT2D eigenvalue weighted by atomic mass is 10.0. The summed E-state index contributed by atoms with van der Waals surface area (Å²) in [6, 6.07) is 8.87. The number of rotatable bonds is 3. The van der Waals surface area contributed by atoms with Gasteiger partial charge in [-0.2, -0.15) is 0 Å². The third-order valence-electron chi connectivity index (χ3n) is 5.53. The van der Waals surface area contributed by atoms with E-state index in [9.17, 15) is 9.59 Å². The first-order valence-electron chi connectivity index (χ1n) is 11.0. The molecule has 1 aliphatic rings. The van der Waals surface area contributed by atoms with Gasteiger partial charge in [0.25, 0.3) is 11.8 Å². The Morgan fingerprint density at radius 3 is 2.68 bits per heavy atom. The van der Waals surface area contributed by atoms with E-state index < -0.39 is 0 Å². The van der Waals surface area contributed by atoms with Gasteiger partial charge in [-0.1, -0.05) is 26.0 Å². The van der Waals surface area contributed by atoms with Crippen LogP contribution in [0.4, 0.5) is 0 Å². The van der Waals surface area contributed by atoms with Crippen LogP contribution in [-0.4, -0.2) is 64.4 Å². The van der Waals surface area contributed by atoms with Crippen molar-refractivity contribution in [1.82, 2.24) is 19.8 Å². The number of amides is 2. The van der Waals surface area contributed by atoms with Crippen LogP contribution in [0.5, 0.6) is 5.75 Å². The number of hydrogen-bond donors (Lipinski definition) is 0. The molecular formula is C24H32N4O3. The molecule has 0 radical (unpaired) electrons. The smallest absolute Gasteiger partial charge is 0.272 e. The largest absolute Gasteiger partial charge is 0.491 e. The Morgan fingerprint density at radius 1 is 1.16 bits per heavy atom. The number of fused-ring (bicyclic) bond motifs is 1. The molecule has 1 aromatic heterocycles. The van der Waals surface area contributed by atoms with Gasteiger partial charge in [-0.25, -0.2) is 9.97 Å².